The van der Waals surface area contributed by atoms with Crippen molar-refractivity contribution in [2.45, 2.75) is 11.8 Å². The van der Waals surface area contributed by atoms with E-state index < -0.39 is 0 Å². The van der Waals surface area contributed by atoms with Crippen molar-refractivity contribution in [3.8, 4) is 0 Å². The molecule has 3 heterocycles. The van der Waals surface area contributed by atoms with Gasteiger partial charge >= 0.3 is 0 Å². The Morgan fingerprint density at radius 3 is 1.65 bits per heavy atom. The molecule has 3 aromatic rings. The van der Waals surface area contributed by atoms with Crippen molar-refractivity contribution >= 4 is 6.21 Å². The lowest BCUT2D eigenvalue weighted by molar-refractivity contribution is 0.658. The molecule has 1 unspecified atom stereocenters. The molecule has 0 aliphatic heterocycles. The maximum Gasteiger partial charge on any atom is 0.0554 e. The molecular formula is C22H20N4. The summed E-state index contributed by atoms with van der Waals surface area (Å²) in [6, 6.07) is 17.8. The van der Waals surface area contributed by atoms with Gasteiger partial charge in [-0.05, 0) is 42.5 Å². The molecule has 26 heavy (non-hydrogen) atoms. The van der Waals surface area contributed by atoms with Gasteiger partial charge in [0.15, 0.2) is 0 Å². The standard InChI is InChI=1S/C22H20N4/c23-14-6-1-2-10-18(19-11-3-7-15-24-19)22(20-12-4-8-16-25-20)21-13-5-9-17-26-21/h1-18,22-23H/b6-1-,10-2+,23-14?. The van der Waals surface area contributed by atoms with E-state index in [9.17, 15) is 0 Å². The second-order valence-corrected chi connectivity index (χ2v) is 5.70. The summed E-state index contributed by atoms with van der Waals surface area (Å²) in [7, 11) is 0. The Hall–Kier alpha value is -3.40. The van der Waals surface area contributed by atoms with Crippen LogP contribution in [0.4, 0.5) is 0 Å². The van der Waals surface area contributed by atoms with E-state index in [1.807, 2.05) is 66.7 Å². The van der Waals surface area contributed by atoms with Crippen LogP contribution in [0.15, 0.2) is 97.5 Å². The highest BCUT2D eigenvalue weighted by Gasteiger charge is 2.27. The predicted octanol–water partition coefficient (Wildman–Crippen LogP) is 4.55. The topological polar surface area (TPSA) is 62.5 Å². The van der Waals surface area contributed by atoms with Crippen LogP contribution >= 0.6 is 0 Å². The molecule has 3 aromatic heterocycles. The molecule has 0 saturated carbocycles. The minimum absolute atomic E-state index is 0.0311. The van der Waals surface area contributed by atoms with E-state index in [1.54, 1.807) is 24.7 Å². The van der Waals surface area contributed by atoms with Crippen LogP contribution < -0.4 is 0 Å². The van der Waals surface area contributed by atoms with E-state index in [0.717, 1.165) is 17.1 Å². The molecule has 0 saturated heterocycles. The number of pyridine rings is 3. The molecule has 128 valence electrons. The number of hydrogen-bond acceptors (Lipinski definition) is 4. The second-order valence-electron chi connectivity index (χ2n) is 5.70. The van der Waals surface area contributed by atoms with Gasteiger partial charge in [-0.1, -0.05) is 36.4 Å². The molecule has 0 spiro atoms. The van der Waals surface area contributed by atoms with Crippen LogP contribution in [-0.2, 0) is 0 Å². The SMILES string of the molecule is N=C/C=C\C=C\C(c1ccccn1)C(c1ccccn1)c1ccccn1. The van der Waals surface area contributed by atoms with Crippen molar-refractivity contribution in [2.75, 3.05) is 0 Å². The lowest BCUT2D eigenvalue weighted by Crippen LogP contribution is -2.15. The highest BCUT2D eigenvalue weighted by Crippen LogP contribution is 2.36. The van der Waals surface area contributed by atoms with Gasteiger partial charge in [-0.3, -0.25) is 15.0 Å². The molecule has 0 aromatic carbocycles. The van der Waals surface area contributed by atoms with Gasteiger partial charge in [0.1, 0.15) is 0 Å². The van der Waals surface area contributed by atoms with Crippen molar-refractivity contribution in [1.82, 2.24) is 15.0 Å². The van der Waals surface area contributed by atoms with Gasteiger partial charge in [0.05, 0.1) is 17.3 Å². The van der Waals surface area contributed by atoms with E-state index in [1.165, 1.54) is 6.21 Å². The Balaban J connectivity index is 2.10. The fraction of sp³-hybridized carbons (Fsp3) is 0.0909. The molecule has 0 aliphatic rings. The van der Waals surface area contributed by atoms with Gasteiger partial charge < -0.3 is 5.41 Å². The first-order chi connectivity index (χ1) is 12.9. The van der Waals surface area contributed by atoms with Gasteiger partial charge in [-0.25, -0.2) is 0 Å². The van der Waals surface area contributed by atoms with Gasteiger partial charge in [-0.2, -0.15) is 0 Å². The third-order valence-electron chi connectivity index (χ3n) is 4.04. The van der Waals surface area contributed by atoms with Crippen LogP contribution in [0.1, 0.15) is 28.9 Å². The largest absolute Gasteiger partial charge is 0.309 e. The molecule has 0 aliphatic carbocycles. The Morgan fingerprint density at radius 1 is 0.654 bits per heavy atom. The molecule has 0 fully saturated rings. The summed E-state index contributed by atoms with van der Waals surface area (Å²) in [6.45, 7) is 0. The molecular weight excluding hydrogens is 320 g/mol. The summed E-state index contributed by atoms with van der Waals surface area (Å²) in [5.41, 5.74) is 2.85. The average molecular weight is 340 g/mol. The zero-order valence-corrected chi connectivity index (χ0v) is 14.3. The highest BCUT2D eigenvalue weighted by atomic mass is 14.8. The third-order valence-corrected chi connectivity index (χ3v) is 4.04. The first kappa shape index (κ1) is 17.4. The Bertz CT molecular complexity index is 819. The van der Waals surface area contributed by atoms with Gasteiger partial charge in [0.2, 0.25) is 0 Å². The molecule has 0 amide bonds. The minimum Gasteiger partial charge on any atom is -0.309 e. The summed E-state index contributed by atoms with van der Waals surface area (Å²) in [4.78, 5) is 13.8. The number of rotatable bonds is 7. The average Bonchev–Trinajstić information content (AvgIpc) is 2.72. The van der Waals surface area contributed by atoms with Crippen molar-refractivity contribution in [1.29, 1.82) is 5.41 Å². The van der Waals surface area contributed by atoms with Crippen molar-refractivity contribution in [3.63, 3.8) is 0 Å². The normalized spacial score (nSPS) is 12.7. The summed E-state index contributed by atoms with van der Waals surface area (Å²) >= 11 is 0. The van der Waals surface area contributed by atoms with Crippen LogP contribution in [-0.4, -0.2) is 21.2 Å². The lowest BCUT2D eigenvalue weighted by Gasteiger charge is -2.23. The van der Waals surface area contributed by atoms with Crippen molar-refractivity contribution < 1.29 is 0 Å². The lowest BCUT2D eigenvalue weighted by atomic mass is 9.83. The summed E-state index contributed by atoms with van der Waals surface area (Å²) in [5, 5.41) is 7.13. The van der Waals surface area contributed by atoms with Crippen LogP contribution in [0.3, 0.4) is 0 Å². The monoisotopic (exact) mass is 340 g/mol. The smallest absolute Gasteiger partial charge is 0.0554 e. The zero-order chi connectivity index (χ0) is 18.0. The first-order valence-electron chi connectivity index (χ1n) is 8.47. The minimum atomic E-state index is -0.0584. The Kier molecular flexibility index (Phi) is 6.15. The molecule has 0 bridgehead atoms. The predicted molar refractivity (Wildman–Crippen MR) is 104 cm³/mol. The summed E-state index contributed by atoms with van der Waals surface area (Å²) in [5.74, 6) is -0.0895. The Labute approximate surface area is 153 Å². The highest BCUT2D eigenvalue weighted by molar-refractivity contribution is 5.68. The van der Waals surface area contributed by atoms with Crippen LogP contribution in [0, 0.1) is 5.41 Å². The fourth-order valence-corrected chi connectivity index (χ4v) is 2.90. The van der Waals surface area contributed by atoms with Crippen molar-refractivity contribution in [3.05, 3.63) is 115 Å². The molecule has 1 N–H and O–H groups in total. The number of allylic oxidation sites excluding steroid dienone is 4. The van der Waals surface area contributed by atoms with E-state index in [0.29, 0.717) is 0 Å². The number of hydrogen-bond donors (Lipinski definition) is 1. The van der Waals surface area contributed by atoms with E-state index in [4.69, 9.17) is 5.41 Å². The number of nitrogens with zero attached hydrogens (tertiary/aromatic N) is 3. The van der Waals surface area contributed by atoms with Gasteiger partial charge in [-0.15, -0.1) is 0 Å². The molecule has 1 atom stereocenters. The first-order valence-corrected chi connectivity index (χ1v) is 8.47. The van der Waals surface area contributed by atoms with E-state index >= 15 is 0 Å². The molecule has 0 radical (unpaired) electrons. The number of nitrogens with one attached hydrogen (secondary N) is 1. The summed E-state index contributed by atoms with van der Waals surface area (Å²) in [6.07, 6.45) is 14.2. The molecule has 3 rings (SSSR count). The summed E-state index contributed by atoms with van der Waals surface area (Å²) < 4.78 is 0. The zero-order valence-electron chi connectivity index (χ0n) is 14.3. The van der Waals surface area contributed by atoms with Crippen LogP contribution in [0.5, 0.6) is 0 Å². The van der Waals surface area contributed by atoms with Gasteiger partial charge in [0, 0.05) is 36.4 Å². The quantitative estimate of drug-likeness (QED) is 0.507. The van der Waals surface area contributed by atoms with E-state index in [-0.39, 0.29) is 11.8 Å². The third kappa shape index (κ3) is 4.36. The van der Waals surface area contributed by atoms with Crippen LogP contribution in [0.25, 0.3) is 0 Å². The molecule has 4 nitrogen and oxygen atoms in total. The van der Waals surface area contributed by atoms with E-state index in [2.05, 4.69) is 21.0 Å². The van der Waals surface area contributed by atoms with Crippen LogP contribution in [0.2, 0.25) is 0 Å². The molecule has 4 heteroatoms. The van der Waals surface area contributed by atoms with Crippen molar-refractivity contribution in [2.24, 2.45) is 0 Å². The maximum atomic E-state index is 7.13. The maximum absolute atomic E-state index is 7.13. The number of aromatic nitrogens is 3. The fourth-order valence-electron chi connectivity index (χ4n) is 2.90. The second kappa shape index (κ2) is 9.18. The Morgan fingerprint density at radius 2 is 1.19 bits per heavy atom. The van der Waals surface area contributed by atoms with Gasteiger partial charge in [0.25, 0.3) is 0 Å².